The number of nitrogens with one attached hydrogen (secondary N) is 1. The summed E-state index contributed by atoms with van der Waals surface area (Å²) in [6, 6.07) is 8.27. The maximum Gasteiger partial charge on any atom is 0.304 e. The molecular weight excluding hydrogens is 230 g/mol. The molecule has 18 heavy (non-hydrogen) atoms. The van der Waals surface area contributed by atoms with Gasteiger partial charge in [0.15, 0.2) is 0 Å². The smallest absolute Gasteiger partial charge is 0.304 e. The van der Waals surface area contributed by atoms with Crippen molar-refractivity contribution in [1.82, 2.24) is 5.32 Å². The Balaban J connectivity index is 2.05. The molecule has 1 aliphatic heterocycles. The molecule has 2 N–H and O–H groups in total. The molecule has 1 aromatic carbocycles. The summed E-state index contributed by atoms with van der Waals surface area (Å²) in [7, 11) is 1.65. The molecule has 2 rings (SSSR count). The van der Waals surface area contributed by atoms with Gasteiger partial charge in [-0.05, 0) is 37.0 Å². The van der Waals surface area contributed by atoms with Crippen LogP contribution in [-0.4, -0.2) is 24.2 Å². The number of carboxylic acid groups (broad SMARTS) is 1. The molecule has 0 spiro atoms. The summed E-state index contributed by atoms with van der Waals surface area (Å²) >= 11 is 0. The van der Waals surface area contributed by atoms with Gasteiger partial charge in [0.1, 0.15) is 5.75 Å². The number of rotatable bonds is 4. The molecule has 1 saturated heterocycles. The summed E-state index contributed by atoms with van der Waals surface area (Å²) in [6.07, 6.45) is 3.24. The molecule has 0 aliphatic carbocycles. The van der Waals surface area contributed by atoms with Gasteiger partial charge in [0.05, 0.1) is 13.5 Å². The molecule has 1 fully saturated rings. The van der Waals surface area contributed by atoms with Gasteiger partial charge in [0.2, 0.25) is 0 Å². The lowest BCUT2D eigenvalue weighted by molar-refractivity contribution is -0.137. The second kappa shape index (κ2) is 5.87. The van der Waals surface area contributed by atoms with Crippen LogP contribution in [0.4, 0.5) is 0 Å². The fraction of sp³-hybridized carbons (Fsp3) is 0.500. The normalized spacial score (nSPS) is 23.6. The number of carboxylic acids is 1. The quantitative estimate of drug-likeness (QED) is 0.860. The first-order valence-corrected chi connectivity index (χ1v) is 6.31. The van der Waals surface area contributed by atoms with E-state index in [1.165, 1.54) is 5.56 Å². The molecule has 1 heterocycles. The first-order valence-electron chi connectivity index (χ1n) is 6.31. The van der Waals surface area contributed by atoms with Gasteiger partial charge < -0.3 is 15.2 Å². The minimum Gasteiger partial charge on any atom is -0.497 e. The maximum atomic E-state index is 10.8. The average molecular weight is 249 g/mol. The number of carbonyl (C=O) groups is 1. The maximum absolute atomic E-state index is 10.8. The van der Waals surface area contributed by atoms with Crippen LogP contribution in [0, 0.1) is 0 Å². The third-order valence-corrected chi connectivity index (χ3v) is 3.40. The average Bonchev–Trinajstić information content (AvgIpc) is 2.38. The van der Waals surface area contributed by atoms with Crippen molar-refractivity contribution in [3.05, 3.63) is 29.8 Å². The van der Waals surface area contributed by atoms with E-state index in [1.807, 2.05) is 18.2 Å². The largest absolute Gasteiger partial charge is 0.497 e. The molecule has 2 unspecified atom stereocenters. The van der Waals surface area contributed by atoms with Gasteiger partial charge in [-0.25, -0.2) is 0 Å². The molecule has 0 aromatic heterocycles. The Kier molecular flexibility index (Phi) is 4.20. The van der Waals surface area contributed by atoms with Crippen molar-refractivity contribution in [1.29, 1.82) is 0 Å². The molecule has 2 atom stereocenters. The van der Waals surface area contributed by atoms with Crippen LogP contribution < -0.4 is 10.1 Å². The first kappa shape index (κ1) is 12.9. The monoisotopic (exact) mass is 249 g/mol. The predicted octanol–water partition coefficient (Wildman–Crippen LogP) is 2.35. The standard InChI is InChI=1S/C14H19NO3/c1-18-12-6-2-4-10(8-12)13-7-3-5-11(15-13)9-14(16)17/h2,4,6,8,11,13,15H,3,5,7,9H2,1H3,(H,16,17). The fourth-order valence-corrected chi connectivity index (χ4v) is 2.51. The highest BCUT2D eigenvalue weighted by molar-refractivity contribution is 5.67. The molecular formula is C14H19NO3. The second-order valence-electron chi connectivity index (χ2n) is 4.72. The van der Waals surface area contributed by atoms with E-state index in [1.54, 1.807) is 7.11 Å². The van der Waals surface area contributed by atoms with Crippen LogP contribution in [0.25, 0.3) is 0 Å². The zero-order valence-electron chi connectivity index (χ0n) is 10.6. The van der Waals surface area contributed by atoms with Gasteiger partial charge >= 0.3 is 5.97 Å². The Labute approximate surface area is 107 Å². The highest BCUT2D eigenvalue weighted by Crippen LogP contribution is 2.28. The summed E-state index contributed by atoms with van der Waals surface area (Å²) in [5.41, 5.74) is 1.17. The van der Waals surface area contributed by atoms with Crippen LogP contribution in [0.1, 0.15) is 37.3 Å². The molecule has 1 aliphatic rings. The van der Waals surface area contributed by atoms with E-state index in [9.17, 15) is 4.79 Å². The molecule has 0 saturated carbocycles. The number of ether oxygens (including phenoxy) is 1. The number of hydrogen-bond donors (Lipinski definition) is 2. The van der Waals surface area contributed by atoms with Gasteiger partial charge in [-0.15, -0.1) is 0 Å². The van der Waals surface area contributed by atoms with E-state index in [0.717, 1.165) is 25.0 Å². The van der Waals surface area contributed by atoms with Crippen molar-refractivity contribution >= 4 is 5.97 Å². The minimum atomic E-state index is -0.737. The van der Waals surface area contributed by atoms with Gasteiger partial charge in [0, 0.05) is 12.1 Å². The third kappa shape index (κ3) is 3.23. The predicted molar refractivity (Wildman–Crippen MR) is 68.8 cm³/mol. The van der Waals surface area contributed by atoms with Crippen LogP contribution in [0.3, 0.4) is 0 Å². The second-order valence-corrected chi connectivity index (χ2v) is 4.72. The molecule has 0 amide bonds. The van der Waals surface area contributed by atoms with Gasteiger partial charge in [0.25, 0.3) is 0 Å². The van der Waals surface area contributed by atoms with Crippen molar-refractivity contribution in [2.75, 3.05) is 7.11 Å². The lowest BCUT2D eigenvalue weighted by atomic mass is 9.92. The van der Waals surface area contributed by atoms with Crippen molar-refractivity contribution in [3.63, 3.8) is 0 Å². The van der Waals surface area contributed by atoms with E-state index in [0.29, 0.717) is 0 Å². The minimum absolute atomic E-state index is 0.0763. The fourth-order valence-electron chi connectivity index (χ4n) is 2.51. The van der Waals surface area contributed by atoms with Crippen LogP contribution in [0.2, 0.25) is 0 Å². The highest BCUT2D eigenvalue weighted by Gasteiger charge is 2.23. The Morgan fingerprint density at radius 1 is 1.50 bits per heavy atom. The van der Waals surface area contributed by atoms with E-state index in [4.69, 9.17) is 9.84 Å². The highest BCUT2D eigenvalue weighted by atomic mass is 16.5. The van der Waals surface area contributed by atoms with Crippen LogP contribution in [-0.2, 0) is 4.79 Å². The molecule has 4 nitrogen and oxygen atoms in total. The Hall–Kier alpha value is -1.55. The topological polar surface area (TPSA) is 58.6 Å². The van der Waals surface area contributed by atoms with Crippen LogP contribution in [0.15, 0.2) is 24.3 Å². The van der Waals surface area contributed by atoms with E-state index in [2.05, 4.69) is 11.4 Å². The number of methoxy groups -OCH3 is 1. The third-order valence-electron chi connectivity index (χ3n) is 3.40. The van der Waals surface area contributed by atoms with E-state index in [-0.39, 0.29) is 18.5 Å². The molecule has 0 bridgehead atoms. The van der Waals surface area contributed by atoms with Gasteiger partial charge in [-0.2, -0.15) is 0 Å². The zero-order valence-corrected chi connectivity index (χ0v) is 10.6. The number of hydrogen-bond acceptors (Lipinski definition) is 3. The van der Waals surface area contributed by atoms with Gasteiger partial charge in [-0.1, -0.05) is 12.1 Å². The summed E-state index contributed by atoms with van der Waals surface area (Å²) in [6.45, 7) is 0. The van der Waals surface area contributed by atoms with Crippen molar-refractivity contribution in [2.24, 2.45) is 0 Å². The van der Waals surface area contributed by atoms with E-state index < -0.39 is 5.97 Å². The summed E-state index contributed by atoms with van der Waals surface area (Å²) < 4.78 is 5.22. The molecule has 98 valence electrons. The Bertz CT molecular complexity index is 419. The first-order chi connectivity index (χ1) is 8.69. The molecule has 4 heteroatoms. The number of piperidine rings is 1. The van der Waals surface area contributed by atoms with E-state index >= 15 is 0 Å². The van der Waals surface area contributed by atoms with Crippen LogP contribution >= 0.6 is 0 Å². The summed E-state index contributed by atoms with van der Waals surface area (Å²) in [5, 5.41) is 12.3. The van der Waals surface area contributed by atoms with Crippen LogP contribution in [0.5, 0.6) is 5.75 Å². The van der Waals surface area contributed by atoms with Crippen molar-refractivity contribution < 1.29 is 14.6 Å². The number of benzene rings is 1. The molecule has 1 aromatic rings. The van der Waals surface area contributed by atoms with Crippen molar-refractivity contribution in [2.45, 2.75) is 37.8 Å². The molecule has 0 radical (unpaired) electrons. The SMILES string of the molecule is COc1cccc(C2CCCC(CC(=O)O)N2)c1. The number of aliphatic carboxylic acids is 1. The lowest BCUT2D eigenvalue weighted by Gasteiger charge is -2.30. The summed E-state index contributed by atoms with van der Waals surface area (Å²) in [4.78, 5) is 10.8. The summed E-state index contributed by atoms with van der Waals surface area (Å²) in [5.74, 6) is 0.105. The van der Waals surface area contributed by atoms with Crippen molar-refractivity contribution in [3.8, 4) is 5.75 Å². The lowest BCUT2D eigenvalue weighted by Crippen LogP contribution is -2.38. The Morgan fingerprint density at radius 2 is 2.33 bits per heavy atom. The Morgan fingerprint density at radius 3 is 3.06 bits per heavy atom. The van der Waals surface area contributed by atoms with Gasteiger partial charge in [-0.3, -0.25) is 4.79 Å². The zero-order chi connectivity index (χ0) is 13.0.